The molecule has 168 valence electrons. The number of nitrogens with zero attached hydrogens (tertiary/aromatic N) is 2. The average molecular weight is 436 g/mol. The topological polar surface area (TPSA) is 90.8 Å². The maximum absolute atomic E-state index is 11.6. The molecule has 1 amide bonds. The number of benzene rings is 2. The number of carbonyl (C=O) groups is 1. The lowest BCUT2D eigenvalue weighted by Gasteiger charge is -2.35. The number of fused-ring (bicyclic) bond motifs is 2. The number of amides is 1. The molecular formula is C24H29N5O3. The fourth-order valence-electron chi connectivity index (χ4n) is 4.77. The minimum absolute atomic E-state index is 0.220. The number of aromatic nitrogens is 1. The van der Waals surface area contributed by atoms with Crippen LogP contribution in [0.25, 0.3) is 10.9 Å². The van der Waals surface area contributed by atoms with Crippen molar-refractivity contribution in [3.8, 4) is 5.75 Å². The number of hydroxylamine groups is 1. The highest BCUT2D eigenvalue weighted by Gasteiger charge is 2.31. The van der Waals surface area contributed by atoms with Crippen LogP contribution in [-0.2, 0) is 13.6 Å². The van der Waals surface area contributed by atoms with Crippen LogP contribution < -0.4 is 20.9 Å². The van der Waals surface area contributed by atoms with Gasteiger partial charge in [0.2, 0.25) is 6.35 Å². The minimum atomic E-state index is -0.533. The van der Waals surface area contributed by atoms with Crippen LogP contribution in [0.15, 0.2) is 48.7 Å². The second-order valence-electron chi connectivity index (χ2n) is 8.66. The molecule has 2 aliphatic heterocycles. The molecule has 1 aromatic heterocycles. The van der Waals surface area contributed by atoms with Crippen molar-refractivity contribution in [3.63, 3.8) is 0 Å². The third kappa shape index (κ3) is 4.04. The zero-order valence-electron chi connectivity index (χ0n) is 18.2. The molecule has 1 saturated heterocycles. The second-order valence-corrected chi connectivity index (χ2v) is 8.66. The van der Waals surface area contributed by atoms with E-state index in [1.54, 1.807) is 23.7 Å². The monoisotopic (exact) mass is 435 g/mol. The molecule has 0 aliphatic carbocycles. The van der Waals surface area contributed by atoms with Gasteiger partial charge in [0.15, 0.2) is 0 Å². The van der Waals surface area contributed by atoms with E-state index in [2.05, 4.69) is 57.6 Å². The maximum atomic E-state index is 11.6. The first-order chi connectivity index (χ1) is 15.6. The molecule has 0 saturated carbocycles. The van der Waals surface area contributed by atoms with Crippen molar-refractivity contribution < 1.29 is 14.7 Å². The van der Waals surface area contributed by atoms with Crippen LogP contribution >= 0.6 is 0 Å². The van der Waals surface area contributed by atoms with Gasteiger partial charge in [-0.05, 0) is 55.1 Å². The smallest absolute Gasteiger partial charge is 0.274 e. The van der Waals surface area contributed by atoms with Gasteiger partial charge in [0.25, 0.3) is 5.91 Å². The molecule has 0 radical (unpaired) electrons. The normalized spacial score (nSPS) is 18.9. The van der Waals surface area contributed by atoms with Crippen molar-refractivity contribution in [2.45, 2.75) is 25.7 Å². The Labute approximate surface area is 187 Å². The van der Waals surface area contributed by atoms with Gasteiger partial charge in [-0.1, -0.05) is 18.2 Å². The van der Waals surface area contributed by atoms with Crippen molar-refractivity contribution in [1.82, 2.24) is 20.3 Å². The Balaban J connectivity index is 1.10. The number of rotatable bonds is 6. The van der Waals surface area contributed by atoms with Gasteiger partial charge in [-0.3, -0.25) is 14.9 Å². The number of piperidine rings is 1. The number of carbonyl (C=O) groups excluding carboxylic acids is 1. The van der Waals surface area contributed by atoms with Gasteiger partial charge in [-0.15, -0.1) is 0 Å². The molecule has 32 heavy (non-hydrogen) atoms. The fourth-order valence-corrected chi connectivity index (χ4v) is 4.77. The second kappa shape index (κ2) is 8.82. The summed E-state index contributed by atoms with van der Waals surface area (Å²) in [7, 11) is 2.10. The average Bonchev–Trinajstić information content (AvgIpc) is 3.40. The Bertz CT molecular complexity index is 1120. The third-order valence-corrected chi connectivity index (χ3v) is 6.57. The molecule has 3 aromatic rings. The Morgan fingerprint density at radius 1 is 1.22 bits per heavy atom. The number of anilines is 1. The molecule has 0 spiro atoms. The number of nitrogens with one attached hydrogen (secondary N) is 3. The molecule has 2 aliphatic rings. The van der Waals surface area contributed by atoms with E-state index in [0.29, 0.717) is 11.5 Å². The lowest BCUT2D eigenvalue weighted by atomic mass is 9.97. The van der Waals surface area contributed by atoms with Gasteiger partial charge in [0, 0.05) is 49.3 Å². The first kappa shape index (κ1) is 20.8. The molecule has 1 fully saturated rings. The molecule has 5 rings (SSSR count). The summed E-state index contributed by atoms with van der Waals surface area (Å²) in [5.41, 5.74) is 5.44. The van der Waals surface area contributed by atoms with Gasteiger partial charge >= 0.3 is 0 Å². The summed E-state index contributed by atoms with van der Waals surface area (Å²) in [6.07, 6.45) is 4.22. The number of aryl methyl sites for hydroxylation is 1. The zero-order valence-corrected chi connectivity index (χ0v) is 18.2. The highest BCUT2D eigenvalue weighted by Crippen LogP contribution is 2.34. The van der Waals surface area contributed by atoms with Crippen LogP contribution in [0.3, 0.4) is 0 Å². The van der Waals surface area contributed by atoms with Gasteiger partial charge in [-0.2, -0.15) is 0 Å². The molecule has 1 atom stereocenters. The minimum Gasteiger partial charge on any atom is -0.455 e. The van der Waals surface area contributed by atoms with E-state index in [1.807, 2.05) is 0 Å². The van der Waals surface area contributed by atoms with E-state index in [4.69, 9.17) is 9.94 Å². The predicted molar refractivity (Wildman–Crippen MR) is 123 cm³/mol. The van der Waals surface area contributed by atoms with Crippen LogP contribution in [0.1, 0.15) is 28.8 Å². The maximum Gasteiger partial charge on any atom is 0.274 e. The van der Waals surface area contributed by atoms with Crippen LogP contribution in [0, 0.1) is 5.92 Å². The highest BCUT2D eigenvalue weighted by molar-refractivity contribution is 5.95. The van der Waals surface area contributed by atoms with Gasteiger partial charge in [0.05, 0.1) is 5.69 Å². The van der Waals surface area contributed by atoms with Crippen LogP contribution in [-0.4, -0.2) is 46.6 Å². The molecule has 0 bridgehead atoms. The van der Waals surface area contributed by atoms with E-state index in [9.17, 15) is 4.79 Å². The quantitative estimate of drug-likeness (QED) is 0.352. The summed E-state index contributed by atoms with van der Waals surface area (Å²) in [5.74, 6) is 0.836. The van der Waals surface area contributed by atoms with Crippen molar-refractivity contribution in [1.29, 1.82) is 0 Å². The molecule has 4 N–H and O–H groups in total. The fraction of sp³-hybridized carbons (Fsp3) is 0.375. The number of likely N-dealkylation sites (tertiary alicyclic amines) is 1. The van der Waals surface area contributed by atoms with Crippen molar-refractivity contribution in [3.05, 3.63) is 59.8 Å². The summed E-state index contributed by atoms with van der Waals surface area (Å²) in [6.45, 7) is 3.80. The van der Waals surface area contributed by atoms with Crippen molar-refractivity contribution >= 4 is 22.5 Å². The lowest BCUT2D eigenvalue weighted by Crippen LogP contribution is -2.47. The first-order valence-electron chi connectivity index (χ1n) is 11.1. The zero-order chi connectivity index (χ0) is 22.1. The summed E-state index contributed by atoms with van der Waals surface area (Å²) < 4.78 is 8.23. The van der Waals surface area contributed by atoms with Gasteiger partial charge in [0.1, 0.15) is 5.75 Å². The Morgan fingerprint density at radius 2 is 2.03 bits per heavy atom. The third-order valence-electron chi connectivity index (χ3n) is 6.57. The van der Waals surface area contributed by atoms with Crippen LogP contribution in [0.2, 0.25) is 0 Å². The van der Waals surface area contributed by atoms with E-state index < -0.39 is 5.91 Å². The van der Waals surface area contributed by atoms with Crippen molar-refractivity contribution in [2.75, 3.05) is 25.0 Å². The Kier molecular flexibility index (Phi) is 5.73. The Hall–Kier alpha value is -3.07. The summed E-state index contributed by atoms with van der Waals surface area (Å²) >= 11 is 0. The molecular weight excluding hydrogens is 406 g/mol. The molecule has 3 heterocycles. The van der Waals surface area contributed by atoms with E-state index in [1.165, 1.54) is 16.5 Å². The summed E-state index contributed by atoms with van der Waals surface area (Å²) in [4.78, 5) is 13.9. The molecule has 8 heteroatoms. The first-order valence-corrected chi connectivity index (χ1v) is 11.1. The van der Waals surface area contributed by atoms with Gasteiger partial charge in [-0.25, -0.2) is 5.48 Å². The van der Waals surface area contributed by atoms with E-state index in [-0.39, 0.29) is 6.35 Å². The standard InChI is InChI=1S/C24H29N5O3/c1-28-15-18(19-4-2-3-5-21(19)28)14-25-13-16-8-10-29(11-9-16)24-26-20-12-17(23(30)27-31)6-7-22(20)32-24/h2-7,12,15-16,24-26,31H,8-11,13-14H2,1H3,(H,27,30). The number of hydrogen-bond acceptors (Lipinski definition) is 6. The lowest BCUT2D eigenvalue weighted by molar-refractivity contribution is 0.0319. The molecule has 8 nitrogen and oxygen atoms in total. The highest BCUT2D eigenvalue weighted by atomic mass is 16.5. The number of ether oxygens (including phenoxy) is 1. The summed E-state index contributed by atoms with van der Waals surface area (Å²) in [5, 5.41) is 17.2. The van der Waals surface area contributed by atoms with E-state index >= 15 is 0 Å². The van der Waals surface area contributed by atoms with Crippen molar-refractivity contribution in [2.24, 2.45) is 13.0 Å². The molecule has 1 unspecified atom stereocenters. The molecule has 2 aromatic carbocycles. The number of para-hydroxylation sites is 1. The number of hydrogen-bond donors (Lipinski definition) is 4. The predicted octanol–water partition coefficient (Wildman–Crippen LogP) is 2.89. The van der Waals surface area contributed by atoms with Crippen LogP contribution in [0.4, 0.5) is 5.69 Å². The van der Waals surface area contributed by atoms with Crippen LogP contribution in [0.5, 0.6) is 5.75 Å². The SMILES string of the molecule is Cn1cc(CNCC2CCN(C3Nc4cc(C(=O)NO)ccc4O3)CC2)c2ccccc21. The summed E-state index contributed by atoms with van der Waals surface area (Å²) in [6, 6.07) is 13.6. The van der Waals surface area contributed by atoms with E-state index in [0.717, 1.165) is 50.5 Å². The van der Waals surface area contributed by atoms with Gasteiger partial charge < -0.3 is 19.9 Å². The Morgan fingerprint density at radius 3 is 2.84 bits per heavy atom. The largest absolute Gasteiger partial charge is 0.455 e.